The Labute approximate surface area is 191 Å². The van der Waals surface area contributed by atoms with Gasteiger partial charge in [-0.2, -0.15) is 0 Å². The van der Waals surface area contributed by atoms with E-state index in [0.29, 0.717) is 11.3 Å². The summed E-state index contributed by atoms with van der Waals surface area (Å²) in [7, 11) is 0. The highest BCUT2D eigenvalue weighted by Crippen LogP contribution is 2.68. The molecule has 0 aliphatic heterocycles. The first kappa shape index (κ1) is 23.5. The van der Waals surface area contributed by atoms with Crippen LogP contribution in [0.15, 0.2) is 11.6 Å². The molecule has 4 rings (SSSR count). The molecule has 0 radical (unpaired) electrons. The Kier molecular flexibility index (Phi) is 6.30. The first-order valence-electron chi connectivity index (χ1n) is 13.4. The number of aliphatic hydroxyl groups excluding tert-OH is 1. The quantitative estimate of drug-likeness (QED) is 0.358. The number of aliphatic hydroxyl groups is 1. The maximum Gasteiger partial charge on any atom is 0.128 e. The van der Waals surface area contributed by atoms with Crippen molar-refractivity contribution in [1.82, 2.24) is 0 Å². The van der Waals surface area contributed by atoms with Crippen LogP contribution in [0.3, 0.4) is 0 Å². The normalized spacial score (nSPS) is 47.9. The van der Waals surface area contributed by atoms with Crippen molar-refractivity contribution in [3.05, 3.63) is 11.6 Å². The molecule has 3 saturated carbocycles. The molecule has 0 amide bonds. The van der Waals surface area contributed by atoms with E-state index in [2.05, 4.69) is 40.7 Å². The fourth-order valence-corrected chi connectivity index (χ4v) is 9.25. The van der Waals surface area contributed by atoms with Crippen LogP contribution in [0.4, 0.5) is 0 Å². The number of carbonyl (C=O) groups is 1. The molecule has 3 fully saturated rings. The molecule has 0 aromatic rings. The lowest BCUT2D eigenvalue weighted by molar-refractivity contribution is -0.152. The molecule has 0 aromatic carbocycles. The molecule has 176 valence electrons. The summed E-state index contributed by atoms with van der Waals surface area (Å²) in [6, 6.07) is 0. The van der Waals surface area contributed by atoms with Gasteiger partial charge in [0.05, 0.1) is 11.5 Å². The van der Waals surface area contributed by atoms with Crippen LogP contribution < -0.4 is 0 Å². The second-order valence-electron chi connectivity index (χ2n) is 13.2. The molecule has 31 heavy (non-hydrogen) atoms. The number of aldehydes is 1. The van der Waals surface area contributed by atoms with Crippen molar-refractivity contribution in [2.24, 2.45) is 51.8 Å². The van der Waals surface area contributed by atoms with Crippen LogP contribution in [0.25, 0.3) is 0 Å². The van der Waals surface area contributed by atoms with Gasteiger partial charge in [-0.15, -0.1) is 0 Å². The van der Waals surface area contributed by atoms with Crippen LogP contribution in [0.1, 0.15) is 106 Å². The lowest BCUT2D eigenvalue weighted by Crippen LogP contribution is -2.57. The molecule has 2 nitrogen and oxygen atoms in total. The Hall–Kier alpha value is -0.630. The average molecular weight is 429 g/mol. The summed E-state index contributed by atoms with van der Waals surface area (Å²) in [5.74, 6) is 4.17. The molecule has 1 N–H and O–H groups in total. The van der Waals surface area contributed by atoms with Gasteiger partial charge in [0.25, 0.3) is 0 Å². The number of allylic oxidation sites excluding steroid dienone is 2. The van der Waals surface area contributed by atoms with Crippen LogP contribution in [-0.4, -0.2) is 17.5 Å². The van der Waals surface area contributed by atoms with E-state index in [0.717, 1.165) is 49.2 Å². The summed E-state index contributed by atoms with van der Waals surface area (Å²) in [5.41, 5.74) is 1.81. The molecular weight excluding hydrogens is 380 g/mol. The Morgan fingerprint density at radius 1 is 1.00 bits per heavy atom. The molecule has 0 bridgehead atoms. The van der Waals surface area contributed by atoms with Crippen molar-refractivity contribution in [2.75, 3.05) is 0 Å². The zero-order chi connectivity index (χ0) is 22.6. The first-order chi connectivity index (χ1) is 14.6. The molecule has 4 aliphatic carbocycles. The van der Waals surface area contributed by atoms with Crippen molar-refractivity contribution in [1.29, 1.82) is 0 Å². The van der Waals surface area contributed by atoms with Crippen LogP contribution in [0.5, 0.6) is 0 Å². The standard InChI is InChI=1S/C29H48O2/c1-19(2)8-7-9-20(3)22-11-12-23-21-10-13-25-28(5,24(21)14-16-27(22,23)4)17-15-26(31)29(25,6)18-30/h10,18-20,22-26,31H,7-9,11-17H2,1-6H3/t20-,22-,23+,24+,25?,26?,27-,28-,29?/m1/s1. The van der Waals surface area contributed by atoms with Gasteiger partial charge in [-0.05, 0) is 91.3 Å². The lowest BCUT2D eigenvalue weighted by atomic mass is 9.43. The van der Waals surface area contributed by atoms with Gasteiger partial charge in [0.2, 0.25) is 0 Å². The second-order valence-corrected chi connectivity index (χ2v) is 13.2. The highest BCUT2D eigenvalue weighted by atomic mass is 16.3. The third-order valence-electron chi connectivity index (χ3n) is 11.2. The maximum absolute atomic E-state index is 12.1. The third-order valence-corrected chi connectivity index (χ3v) is 11.2. The van der Waals surface area contributed by atoms with Crippen LogP contribution in [0.2, 0.25) is 0 Å². The summed E-state index contributed by atoms with van der Waals surface area (Å²) in [6.07, 6.45) is 15.6. The highest BCUT2D eigenvalue weighted by Gasteiger charge is 2.62. The third kappa shape index (κ3) is 3.58. The van der Waals surface area contributed by atoms with E-state index < -0.39 is 11.5 Å². The predicted octanol–water partition coefficient (Wildman–Crippen LogP) is 7.20. The molecule has 0 spiro atoms. The van der Waals surface area contributed by atoms with Crippen molar-refractivity contribution < 1.29 is 9.90 Å². The minimum absolute atomic E-state index is 0.168. The van der Waals surface area contributed by atoms with Crippen molar-refractivity contribution in [2.45, 2.75) is 112 Å². The zero-order valence-electron chi connectivity index (χ0n) is 21.1. The van der Waals surface area contributed by atoms with E-state index in [1.165, 1.54) is 44.9 Å². The minimum atomic E-state index is -0.584. The molecule has 4 aliphatic rings. The van der Waals surface area contributed by atoms with Gasteiger partial charge in [0.1, 0.15) is 6.29 Å². The summed E-state index contributed by atoms with van der Waals surface area (Å²) in [4.78, 5) is 12.1. The summed E-state index contributed by atoms with van der Waals surface area (Å²) >= 11 is 0. The van der Waals surface area contributed by atoms with Gasteiger partial charge in [-0.1, -0.05) is 72.5 Å². The molecule has 9 atom stereocenters. The van der Waals surface area contributed by atoms with Crippen LogP contribution in [0, 0.1) is 51.8 Å². The van der Waals surface area contributed by atoms with E-state index in [-0.39, 0.29) is 11.3 Å². The smallest absolute Gasteiger partial charge is 0.128 e. The van der Waals surface area contributed by atoms with Crippen LogP contribution in [-0.2, 0) is 4.79 Å². The van der Waals surface area contributed by atoms with E-state index in [1.807, 2.05) is 6.92 Å². The molecule has 0 heterocycles. The second kappa shape index (κ2) is 8.30. The predicted molar refractivity (Wildman–Crippen MR) is 129 cm³/mol. The fourth-order valence-electron chi connectivity index (χ4n) is 9.25. The van der Waals surface area contributed by atoms with Crippen molar-refractivity contribution in [3.8, 4) is 0 Å². The molecule has 0 aromatic heterocycles. The molecule has 0 saturated heterocycles. The zero-order valence-corrected chi connectivity index (χ0v) is 21.1. The van der Waals surface area contributed by atoms with Crippen LogP contribution >= 0.6 is 0 Å². The SMILES string of the molecule is CC(C)CCC[C@@H](C)[C@H]1CC[C@H]2C3=CCC4C(C)(C=O)C(O)CC[C@]4(C)[C@H]3CC[C@]12C. The largest absolute Gasteiger partial charge is 0.392 e. The van der Waals surface area contributed by atoms with Gasteiger partial charge in [-0.25, -0.2) is 0 Å². The number of fused-ring (bicyclic) bond motifs is 5. The average Bonchev–Trinajstić information content (AvgIpc) is 3.08. The number of carbonyl (C=O) groups excluding carboxylic acids is 1. The maximum atomic E-state index is 12.1. The van der Waals surface area contributed by atoms with Crippen molar-refractivity contribution >= 4 is 6.29 Å². The highest BCUT2D eigenvalue weighted by molar-refractivity contribution is 5.61. The number of rotatable bonds is 6. The van der Waals surface area contributed by atoms with Gasteiger partial charge in [0.15, 0.2) is 0 Å². The van der Waals surface area contributed by atoms with E-state index in [1.54, 1.807) is 5.57 Å². The Morgan fingerprint density at radius 3 is 2.35 bits per heavy atom. The topological polar surface area (TPSA) is 37.3 Å². The van der Waals surface area contributed by atoms with Gasteiger partial charge < -0.3 is 9.90 Å². The Bertz CT molecular complexity index is 710. The molecule has 3 unspecified atom stereocenters. The van der Waals surface area contributed by atoms with Gasteiger partial charge in [-0.3, -0.25) is 0 Å². The summed E-state index contributed by atoms with van der Waals surface area (Å²) in [5, 5.41) is 10.7. The van der Waals surface area contributed by atoms with Gasteiger partial charge in [0, 0.05) is 0 Å². The summed E-state index contributed by atoms with van der Waals surface area (Å²) < 4.78 is 0. The lowest BCUT2D eigenvalue weighted by Gasteiger charge is -2.61. The van der Waals surface area contributed by atoms with E-state index in [9.17, 15) is 9.90 Å². The molecular formula is C29H48O2. The molecule has 2 heteroatoms. The summed E-state index contributed by atoms with van der Waals surface area (Å²) in [6.45, 7) is 14.4. The van der Waals surface area contributed by atoms with E-state index >= 15 is 0 Å². The van der Waals surface area contributed by atoms with Crippen molar-refractivity contribution in [3.63, 3.8) is 0 Å². The van der Waals surface area contributed by atoms with E-state index in [4.69, 9.17) is 0 Å². The first-order valence-corrected chi connectivity index (χ1v) is 13.4. The monoisotopic (exact) mass is 428 g/mol. The number of hydrogen-bond acceptors (Lipinski definition) is 2. The van der Waals surface area contributed by atoms with Gasteiger partial charge >= 0.3 is 0 Å². The minimum Gasteiger partial charge on any atom is -0.392 e. The Morgan fingerprint density at radius 2 is 1.68 bits per heavy atom. The Balaban J connectivity index is 1.56. The number of hydrogen-bond donors (Lipinski definition) is 1. The fraction of sp³-hybridized carbons (Fsp3) is 0.897.